The Balaban J connectivity index is 1.63. The van der Waals surface area contributed by atoms with Gasteiger partial charge in [0, 0.05) is 17.5 Å². The minimum absolute atomic E-state index is 0.0988. The molecule has 0 bridgehead atoms. The first kappa shape index (κ1) is 22.0. The van der Waals surface area contributed by atoms with Gasteiger partial charge >= 0.3 is 6.18 Å². The number of likely N-dealkylation sites (tertiary alicyclic amines) is 1. The number of halogens is 5. The average Bonchev–Trinajstić information content (AvgIpc) is 3.04. The molecule has 4 nitrogen and oxygen atoms in total. The van der Waals surface area contributed by atoms with E-state index in [-0.39, 0.29) is 30.1 Å². The van der Waals surface area contributed by atoms with Gasteiger partial charge in [-0.25, -0.2) is 17.2 Å². The van der Waals surface area contributed by atoms with Crippen LogP contribution in [0, 0.1) is 0 Å². The van der Waals surface area contributed by atoms with Gasteiger partial charge in [-0.3, -0.25) is 9.21 Å². The molecule has 0 aromatic heterocycles. The second-order valence-corrected chi connectivity index (χ2v) is 9.93. The van der Waals surface area contributed by atoms with Gasteiger partial charge in [0.1, 0.15) is 0 Å². The number of alkyl halides is 5. The fourth-order valence-corrected chi connectivity index (χ4v) is 6.10. The van der Waals surface area contributed by atoms with Crippen molar-refractivity contribution in [2.24, 2.45) is 0 Å². The summed E-state index contributed by atoms with van der Waals surface area (Å²) in [5.74, 6) is 0. The first-order valence-electron chi connectivity index (χ1n) is 9.81. The molecule has 31 heavy (non-hydrogen) atoms. The van der Waals surface area contributed by atoms with Gasteiger partial charge in [-0.2, -0.15) is 13.2 Å². The first-order chi connectivity index (χ1) is 14.5. The van der Waals surface area contributed by atoms with E-state index >= 15 is 0 Å². The Morgan fingerprint density at radius 2 is 1.58 bits per heavy atom. The Labute approximate surface area is 177 Å². The lowest BCUT2D eigenvalue weighted by atomic mass is 9.74. The summed E-state index contributed by atoms with van der Waals surface area (Å²) < 4.78 is 91.9. The maximum atomic E-state index is 13.3. The molecule has 0 N–H and O–H groups in total. The Kier molecular flexibility index (Phi) is 5.49. The molecular formula is C21H21F5N2O2S. The van der Waals surface area contributed by atoms with Crippen LogP contribution in [0.25, 0.3) is 0 Å². The van der Waals surface area contributed by atoms with Crippen LogP contribution in [0.1, 0.15) is 30.4 Å². The van der Waals surface area contributed by atoms with E-state index in [4.69, 9.17) is 0 Å². The van der Waals surface area contributed by atoms with Gasteiger partial charge in [0.05, 0.1) is 17.1 Å². The van der Waals surface area contributed by atoms with Crippen LogP contribution in [0.4, 0.5) is 27.6 Å². The van der Waals surface area contributed by atoms with Crippen molar-refractivity contribution in [1.29, 1.82) is 0 Å². The molecule has 2 aliphatic rings. The molecule has 1 saturated heterocycles. The summed E-state index contributed by atoms with van der Waals surface area (Å²) in [5, 5.41) is 0. The van der Waals surface area contributed by atoms with Crippen molar-refractivity contribution in [2.45, 2.75) is 35.8 Å². The van der Waals surface area contributed by atoms with E-state index in [1.807, 2.05) is 6.07 Å². The number of benzene rings is 2. The Morgan fingerprint density at radius 1 is 0.968 bits per heavy atom. The summed E-state index contributed by atoms with van der Waals surface area (Å²) in [7, 11) is -4.02. The van der Waals surface area contributed by atoms with E-state index in [0.717, 1.165) is 29.8 Å². The number of nitrogens with zero attached hydrogens (tertiary/aromatic N) is 2. The molecule has 2 aliphatic heterocycles. The molecule has 0 atom stereocenters. The van der Waals surface area contributed by atoms with E-state index in [1.54, 1.807) is 18.2 Å². The van der Waals surface area contributed by atoms with Crippen molar-refractivity contribution >= 4 is 15.7 Å². The number of fused-ring (bicyclic) bond motifs is 2. The van der Waals surface area contributed by atoms with Gasteiger partial charge in [-0.05, 0) is 49.7 Å². The second kappa shape index (κ2) is 7.74. The van der Waals surface area contributed by atoms with Crippen LogP contribution < -0.4 is 4.31 Å². The molecule has 2 aromatic rings. The number of anilines is 1. The summed E-state index contributed by atoms with van der Waals surface area (Å²) in [6.07, 6.45) is -6.18. The Bertz CT molecular complexity index is 1050. The third-order valence-corrected chi connectivity index (χ3v) is 7.90. The third-order valence-electron chi connectivity index (χ3n) is 6.13. The predicted molar refractivity (Wildman–Crippen MR) is 106 cm³/mol. The second-order valence-electron chi connectivity index (χ2n) is 8.07. The predicted octanol–water partition coefficient (Wildman–Crippen LogP) is 4.73. The summed E-state index contributed by atoms with van der Waals surface area (Å²) in [6, 6.07) is 11.5. The zero-order valence-electron chi connectivity index (χ0n) is 16.4. The zero-order chi connectivity index (χ0) is 22.4. The number of sulfonamides is 1. The molecule has 0 saturated carbocycles. The van der Waals surface area contributed by atoms with E-state index in [1.165, 1.54) is 9.21 Å². The number of hydrogen-bond donors (Lipinski definition) is 0. The molecular weight excluding hydrogens is 439 g/mol. The SMILES string of the molecule is O=S(=O)(c1ccc(C(F)F)cc1)N1CC2(CCN(CC(F)(F)F)CC2)c2ccccc21. The molecule has 1 spiro atoms. The van der Waals surface area contributed by atoms with Gasteiger partial charge in [0.15, 0.2) is 0 Å². The van der Waals surface area contributed by atoms with E-state index in [0.29, 0.717) is 18.5 Å². The van der Waals surface area contributed by atoms with Crippen LogP contribution in [-0.2, 0) is 15.4 Å². The summed E-state index contributed by atoms with van der Waals surface area (Å²) in [4.78, 5) is 1.24. The maximum Gasteiger partial charge on any atom is 0.401 e. The molecule has 0 radical (unpaired) electrons. The van der Waals surface area contributed by atoms with Crippen LogP contribution in [0.15, 0.2) is 53.4 Å². The third kappa shape index (κ3) is 4.15. The maximum absolute atomic E-state index is 13.3. The molecule has 168 valence electrons. The van der Waals surface area contributed by atoms with E-state index < -0.39 is 34.6 Å². The van der Waals surface area contributed by atoms with E-state index in [2.05, 4.69) is 0 Å². The molecule has 0 unspecified atom stereocenters. The Hall–Kier alpha value is -2.20. The lowest BCUT2D eigenvalue weighted by Gasteiger charge is -2.40. The fraction of sp³-hybridized carbons (Fsp3) is 0.429. The van der Waals surface area contributed by atoms with Crippen molar-refractivity contribution in [3.63, 3.8) is 0 Å². The fourth-order valence-electron chi connectivity index (χ4n) is 4.53. The summed E-state index contributed by atoms with van der Waals surface area (Å²) >= 11 is 0. The molecule has 2 heterocycles. The van der Waals surface area contributed by atoms with Crippen molar-refractivity contribution in [1.82, 2.24) is 4.90 Å². The molecule has 10 heteroatoms. The van der Waals surface area contributed by atoms with E-state index in [9.17, 15) is 30.4 Å². The topological polar surface area (TPSA) is 40.6 Å². The van der Waals surface area contributed by atoms with Crippen LogP contribution in [0.3, 0.4) is 0 Å². The van der Waals surface area contributed by atoms with Crippen molar-refractivity contribution < 1.29 is 30.4 Å². The number of para-hydroxylation sites is 1. The lowest BCUT2D eigenvalue weighted by molar-refractivity contribution is -0.149. The monoisotopic (exact) mass is 460 g/mol. The zero-order valence-corrected chi connectivity index (χ0v) is 17.3. The van der Waals surface area contributed by atoms with Gasteiger partial charge in [0.25, 0.3) is 16.4 Å². The highest BCUT2D eigenvalue weighted by atomic mass is 32.2. The summed E-state index contributed by atoms with van der Waals surface area (Å²) in [5.41, 5.74) is 0.447. The quantitative estimate of drug-likeness (QED) is 0.620. The molecule has 4 rings (SSSR count). The van der Waals surface area contributed by atoms with Crippen molar-refractivity contribution in [3.8, 4) is 0 Å². The highest BCUT2D eigenvalue weighted by molar-refractivity contribution is 7.92. The first-order valence-corrected chi connectivity index (χ1v) is 11.3. The highest BCUT2D eigenvalue weighted by Crippen LogP contribution is 2.49. The smallest absolute Gasteiger partial charge is 0.295 e. The van der Waals surface area contributed by atoms with Crippen LogP contribution in [0.5, 0.6) is 0 Å². The highest BCUT2D eigenvalue weighted by Gasteiger charge is 2.48. The van der Waals surface area contributed by atoms with Crippen LogP contribution in [0.2, 0.25) is 0 Å². The molecule has 1 fully saturated rings. The van der Waals surface area contributed by atoms with Crippen LogP contribution >= 0.6 is 0 Å². The van der Waals surface area contributed by atoms with Gasteiger partial charge in [-0.1, -0.05) is 30.3 Å². The Morgan fingerprint density at radius 3 is 2.16 bits per heavy atom. The number of rotatable bonds is 4. The van der Waals surface area contributed by atoms with Crippen LogP contribution in [-0.4, -0.2) is 45.7 Å². The van der Waals surface area contributed by atoms with Gasteiger partial charge in [0.2, 0.25) is 0 Å². The number of hydrogen-bond acceptors (Lipinski definition) is 3. The minimum atomic E-state index is -4.28. The standard InChI is InChI=1S/C21H21F5N2O2S/c22-19(23)15-5-7-16(8-6-15)31(29,30)28-13-20(17-3-1-2-4-18(17)28)9-11-27(12-10-20)14-21(24,25)26/h1-8,19H,9-14H2. The van der Waals surface area contributed by atoms with Gasteiger partial charge in [-0.15, -0.1) is 0 Å². The number of piperidine rings is 1. The largest absolute Gasteiger partial charge is 0.401 e. The van der Waals surface area contributed by atoms with Crippen molar-refractivity contribution in [3.05, 3.63) is 59.7 Å². The normalized spacial score (nSPS) is 19.2. The summed E-state index contributed by atoms with van der Waals surface area (Å²) in [6.45, 7) is -0.440. The lowest BCUT2D eigenvalue weighted by Crippen LogP contribution is -2.48. The molecule has 0 aliphatic carbocycles. The average molecular weight is 460 g/mol. The van der Waals surface area contributed by atoms with Crippen molar-refractivity contribution in [2.75, 3.05) is 30.5 Å². The van der Waals surface area contributed by atoms with Gasteiger partial charge < -0.3 is 0 Å². The molecule has 2 aromatic carbocycles. The minimum Gasteiger partial charge on any atom is -0.295 e. The molecule has 0 amide bonds.